The minimum atomic E-state index is 0.0969. The Hall–Kier alpha value is -1.75. The molecule has 0 saturated heterocycles. The highest BCUT2D eigenvalue weighted by Gasteiger charge is 2.03. The van der Waals surface area contributed by atoms with E-state index >= 15 is 0 Å². The molecule has 14 heavy (non-hydrogen) atoms. The third kappa shape index (κ3) is 1.38. The van der Waals surface area contributed by atoms with Crippen LogP contribution in [0.1, 0.15) is 0 Å². The lowest BCUT2D eigenvalue weighted by Crippen LogP contribution is -2.05. The highest BCUT2D eigenvalue weighted by atomic mass is 16.3. The number of nitrogens with zero attached hydrogens (tertiary/aromatic N) is 2. The number of pyridine rings is 1. The van der Waals surface area contributed by atoms with Crippen LogP contribution in [0.2, 0.25) is 0 Å². The summed E-state index contributed by atoms with van der Waals surface area (Å²) < 4.78 is 1.65. The van der Waals surface area contributed by atoms with Crippen LogP contribution in [0.15, 0.2) is 24.4 Å². The Morgan fingerprint density at radius 1 is 1.50 bits per heavy atom. The lowest BCUT2D eigenvalue weighted by atomic mass is 10.3. The second kappa shape index (κ2) is 3.55. The highest BCUT2D eigenvalue weighted by molar-refractivity contribution is 5.72. The highest BCUT2D eigenvalue weighted by Crippen LogP contribution is 2.18. The Labute approximate surface area is 81.2 Å². The van der Waals surface area contributed by atoms with Crippen LogP contribution in [0.25, 0.3) is 5.52 Å². The third-order valence-electron chi connectivity index (χ3n) is 2.00. The van der Waals surface area contributed by atoms with Gasteiger partial charge in [0.05, 0.1) is 24.0 Å². The Morgan fingerprint density at radius 3 is 3.14 bits per heavy atom. The quantitative estimate of drug-likeness (QED) is 0.654. The predicted octanol–water partition coefficient (Wildman–Crippen LogP) is 0.321. The van der Waals surface area contributed by atoms with Crippen molar-refractivity contribution in [1.82, 2.24) is 9.61 Å². The number of nitrogens with two attached hydrogens (primary N) is 1. The lowest BCUT2D eigenvalue weighted by Gasteiger charge is -2.02. The number of hydrogen-bond donors (Lipinski definition) is 3. The molecule has 0 bridgehead atoms. The smallest absolute Gasteiger partial charge is 0.125 e. The molecular formula is C9H12N4O. The van der Waals surface area contributed by atoms with E-state index in [9.17, 15) is 0 Å². The van der Waals surface area contributed by atoms with Gasteiger partial charge in [0.15, 0.2) is 0 Å². The van der Waals surface area contributed by atoms with Gasteiger partial charge in [0.25, 0.3) is 0 Å². The van der Waals surface area contributed by atoms with E-state index in [1.165, 1.54) is 0 Å². The Morgan fingerprint density at radius 2 is 2.36 bits per heavy atom. The summed E-state index contributed by atoms with van der Waals surface area (Å²) in [6, 6.07) is 5.58. The first-order valence-corrected chi connectivity index (χ1v) is 4.40. The number of aliphatic hydroxyl groups excluding tert-OH is 1. The summed E-state index contributed by atoms with van der Waals surface area (Å²) >= 11 is 0. The average Bonchev–Trinajstić information content (AvgIpc) is 2.60. The average molecular weight is 192 g/mol. The molecule has 0 aliphatic carbocycles. The van der Waals surface area contributed by atoms with Crippen LogP contribution >= 0.6 is 0 Å². The zero-order chi connectivity index (χ0) is 9.97. The van der Waals surface area contributed by atoms with Gasteiger partial charge in [-0.1, -0.05) is 6.07 Å². The summed E-state index contributed by atoms with van der Waals surface area (Å²) in [6.45, 7) is 0.607. The minimum Gasteiger partial charge on any atom is -0.395 e. The fraction of sp³-hybridized carbons (Fsp3) is 0.222. The Kier molecular flexibility index (Phi) is 2.24. The Balaban J connectivity index is 2.42. The van der Waals surface area contributed by atoms with Crippen molar-refractivity contribution in [3.05, 3.63) is 24.4 Å². The number of aromatic nitrogens is 2. The molecule has 0 unspecified atom stereocenters. The molecule has 5 heteroatoms. The molecule has 0 radical (unpaired) electrons. The first-order chi connectivity index (χ1) is 6.83. The summed E-state index contributed by atoms with van der Waals surface area (Å²) in [5.74, 6) is 0.597. The zero-order valence-corrected chi connectivity index (χ0v) is 7.64. The molecule has 74 valence electrons. The topological polar surface area (TPSA) is 75.6 Å². The van der Waals surface area contributed by atoms with E-state index in [-0.39, 0.29) is 6.61 Å². The molecule has 2 aromatic heterocycles. The summed E-state index contributed by atoms with van der Waals surface area (Å²) in [5.41, 5.74) is 7.52. The largest absolute Gasteiger partial charge is 0.395 e. The SMILES string of the molecule is Nc1cccc2c(NCCO)cnn12. The molecule has 0 aromatic carbocycles. The number of nitrogen functional groups attached to an aromatic ring is 1. The van der Waals surface area contributed by atoms with Crippen molar-refractivity contribution >= 4 is 17.0 Å². The second-order valence-corrected chi connectivity index (χ2v) is 2.96. The van der Waals surface area contributed by atoms with Crippen molar-refractivity contribution in [2.24, 2.45) is 0 Å². The number of nitrogens with one attached hydrogen (secondary N) is 1. The number of hydrogen-bond acceptors (Lipinski definition) is 4. The van der Waals surface area contributed by atoms with Crippen molar-refractivity contribution in [2.45, 2.75) is 0 Å². The third-order valence-corrected chi connectivity index (χ3v) is 2.00. The lowest BCUT2D eigenvalue weighted by molar-refractivity contribution is 0.311. The predicted molar refractivity (Wildman–Crippen MR) is 55.2 cm³/mol. The van der Waals surface area contributed by atoms with Gasteiger partial charge in [-0.25, -0.2) is 4.52 Å². The zero-order valence-electron chi connectivity index (χ0n) is 7.64. The number of rotatable bonds is 3. The maximum absolute atomic E-state index is 8.68. The van der Waals surface area contributed by atoms with Gasteiger partial charge in [-0.05, 0) is 12.1 Å². The van der Waals surface area contributed by atoms with E-state index in [4.69, 9.17) is 10.8 Å². The van der Waals surface area contributed by atoms with Gasteiger partial charge >= 0.3 is 0 Å². The molecule has 0 aliphatic heterocycles. The summed E-state index contributed by atoms with van der Waals surface area (Å²) in [6.07, 6.45) is 1.70. The standard InChI is InChI=1S/C9H12N4O/c10-9-3-1-2-8-7(11-4-5-14)6-12-13(8)9/h1-3,6,11,14H,4-5,10H2. The van der Waals surface area contributed by atoms with Gasteiger partial charge in [0.1, 0.15) is 5.82 Å². The minimum absolute atomic E-state index is 0.0969. The summed E-state index contributed by atoms with van der Waals surface area (Å²) in [7, 11) is 0. The van der Waals surface area contributed by atoms with Gasteiger partial charge < -0.3 is 16.2 Å². The number of anilines is 2. The maximum atomic E-state index is 8.68. The first-order valence-electron chi connectivity index (χ1n) is 4.40. The number of aliphatic hydroxyl groups is 1. The van der Waals surface area contributed by atoms with Crippen molar-refractivity contribution in [1.29, 1.82) is 0 Å². The van der Waals surface area contributed by atoms with E-state index in [0.29, 0.717) is 12.4 Å². The van der Waals surface area contributed by atoms with Crippen LogP contribution in [0, 0.1) is 0 Å². The number of fused-ring (bicyclic) bond motifs is 1. The molecule has 2 aromatic rings. The van der Waals surface area contributed by atoms with E-state index < -0.39 is 0 Å². The van der Waals surface area contributed by atoms with E-state index in [0.717, 1.165) is 11.2 Å². The second-order valence-electron chi connectivity index (χ2n) is 2.96. The molecule has 0 fully saturated rings. The van der Waals surface area contributed by atoms with Crippen LogP contribution in [-0.4, -0.2) is 27.9 Å². The van der Waals surface area contributed by atoms with Crippen LogP contribution in [0.3, 0.4) is 0 Å². The van der Waals surface area contributed by atoms with Crippen molar-refractivity contribution in [3.63, 3.8) is 0 Å². The molecule has 0 saturated carbocycles. The van der Waals surface area contributed by atoms with Crippen LogP contribution in [0.5, 0.6) is 0 Å². The van der Waals surface area contributed by atoms with E-state index in [1.807, 2.05) is 12.1 Å². The van der Waals surface area contributed by atoms with Crippen molar-refractivity contribution in [3.8, 4) is 0 Å². The van der Waals surface area contributed by atoms with Gasteiger partial charge in [-0.15, -0.1) is 0 Å². The molecule has 2 heterocycles. The molecule has 2 rings (SSSR count). The van der Waals surface area contributed by atoms with E-state index in [1.54, 1.807) is 16.8 Å². The van der Waals surface area contributed by atoms with Crippen LogP contribution in [-0.2, 0) is 0 Å². The Bertz CT molecular complexity index is 437. The summed E-state index contributed by atoms with van der Waals surface area (Å²) in [4.78, 5) is 0. The van der Waals surface area contributed by atoms with Gasteiger partial charge in [-0.2, -0.15) is 5.10 Å². The molecule has 0 aliphatic rings. The van der Waals surface area contributed by atoms with Crippen LogP contribution in [0.4, 0.5) is 11.5 Å². The fourth-order valence-electron chi connectivity index (χ4n) is 1.36. The molecule has 4 N–H and O–H groups in total. The molecule has 5 nitrogen and oxygen atoms in total. The maximum Gasteiger partial charge on any atom is 0.125 e. The fourth-order valence-corrected chi connectivity index (χ4v) is 1.36. The first kappa shape index (κ1) is 8.83. The van der Waals surface area contributed by atoms with Crippen molar-refractivity contribution < 1.29 is 5.11 Å². The summed E-state index contributed by atoms with van der Waals surface area (Å²) in [5, 5.41) is 15.9. The normalized spacial score (nSPS) is 10.6. The molecule has 0 spiro atoms. The van der Waals surface area contributed by atoms with Crippen molar-refractivity contribution in [2.75, 3.05) is 24.2 Å². The molecule has 0 atom stereocenters. The van der Waals surface area contributed by atoms with E-state index in [2.05, 4.69) is 10.4 Å². The van der Waals surface area contributed by atoms with Crippen LogP contribution < -0.4 is 11.1 Å². The van der Waals surface area contributed by atoms with Gasteiger partial charge in [0, 0.05) is 6.54 Å². The molecule has 0 amide bonds. The molecular weight excluding hydrogens is 180 g/mol. The van der Waals surface area contributed by atoms with Gasteiger partial charge in [0.2, 0.25) is 0 Å². The van der Waals surface area contributed by atoms with Gasteiger partial charge in [-0.3, -0.25) is 0 Å². The monoisotopic (exact) mass is 192 g/mol.